The Balaban J connectivity index is 2.93. The minimum Gasteiger partial charge on any atom is -0.478 e. The molecule has 1 heterocycles. The lowest BCUT2D eigenvalue weighted by Crippen LogP contribution is -2.40. The van der Waals surface area contributed by atoms with E-state index in [1.807, 2.05) is 10.8 Å². The topological polar surface area (TPSA) is 46.1 Å². The Hall–Kier alpha value is -1.32. The van der Waals surface area contributed by atoms with Gasteiger partial charge in [-0.05, 0) is 12.8 Å². The monoisotopic (exact) mass is 253 g/mol. The third kappa shape index (κ3) is 3.86. The number of aromatic nitrogens is 2. The van der Waals surface area contributed by atoms with Gasteiger partial charge in [-0.15, -0.1) is 0 Å². The molecule has 1 aromatic heterocycles. The summed E-state index contributed by atoms with van der Waals surface area (Å²) in [7, 11) is 0. The van der Waals surface area contributed by atoms with Crippen molar-refractivity contribution in [1.29, 1.82) is 0 Å². The van der Waals surface area contributed by atoms with Crippen molar-refractivity contribution < 1.29 is 14.5 Å². The molecule has 0 saturated carbocycles. The number of carbonyl (C=O) groups is 1. The van der Waals surface area contributed by atoms with Crippen LogP contribution in [0.4, 0.5) is 0 Å². The lowest BCUT2D eigenvalue weighted by Gasteiger charge is -2.04. The Labute approximate surface area is 109 Å². The highest BCUT2D eigenvalue weighted by molar-refractivity contribution is 5.64. The second-order valence-electron chi connectivity index (χ2n) is 4.82. The van der Waals surface area contributed by atoms with Crippen LogP contribution in [0.5, 0.6) is 0 Å². The molecule has 1 aromatic rings. The van der Waals surface area contributed by atoms with Crippen LogP contribution in [0.3, 0.4) is 0 Å². The SMILES string of the molecule is CCCCCc1n(CCC)c(C)c[n+]1CC(=O)O. The zero-order chi connectivity index (χ0) is 13.5. The molecule has 0 radical (unpaired) electrons. The molecule has 0 aliphatic rings. The quantitative estimate of drug-likeness (QED) is 0.571. The smallest absolute Gasteiger partial charge is 0.346 e. The molecule has 0 saturated heterocycles. The zero-order valence-electron chi connectivity index (χ0n) is 11.8. The van der Waals surface area contributed by atoms with Gasteiger partial charge >= 0.3 is 5.97 Å². The van der Waals surface area contributed by atoms with Gasteiger partial charge in [-0.1, -0.05) is 26.7 Å². The van der Waals surface area contributed by atoms with Crippen molar-refractivity contribution in [2.45, 2.75) is 66.0 Å². The predicted octanol–water partition coefficient (Wildman–Crippen LogP) is 2.31. The van der Waals surface area contributed by atoms with Crippen molar-refractivity contribution in [3.63, 3.8) is 0 Å². The maximum absolute atomic E-state index is 10.9. The number of carboxylic acids is 1. The van der Waals surface area contributed by atoms with Crippen LogP contribution in [0.1, 0.15) is 51.0 Å². The predicted molar refractivity (Wildman–Crippen MR) is 70.5 cm³/mol. The summed E-state index contributed by atoms with van der Waals surface area (Å²) in [6.07, 6.45) is 7.52. The van der Waals surface area contributed by atoms with E-state index < -0.39 is 5.97 Å². The Morgan fingerprint density at radius 2 is 2.06 bits per heavy atom. The van der Waals surface area contributed by atoms with E-state index in [1.165, 1.54) is 12.8 Å². The molecule has 0 unspecified atom stereocenters. The van der Waals surface area contributed by atoms with Crippen molar-refractivity contribution in [2.24, 2.45) is 0 Å². The fourth-order valence-electron chi connectivity index (χ4n) is 2.35. The fraction of sp³-hybridized carbons (Fsp3) is 0.714. The number of aryl methyl sites for hydroxylation is 1. The molecular formula is C14H25N2O2+. The van der Waals surface area contributed by atoms with Gasteiger partial charge < -0.3 is 5.11 Å². The number of nitrogens with zero attached hydrogens (tertiary/aromatic N) is 2. The minimum atomic E-state index is -0.773. The van der Waals surface area contributed by atoms with Crippen LogP contribution in [0.2, 0.25) is 0 Å². The molecule has 102 valence electrons. The first-order chi connectivity index (χ1) is 8.60. The summed E-state index contributed by atoms with van der Waals surface area (Å²) in [5.41, 5.74) is 1.16. The van der Waals surface area contributed by atoms with Gasteiger partial charge in [0.2, 0.25) is 0 Å². The molecule has 0 fully saturated rings. The molecule has 1 rings (SSSR count). The van der Waals surface area contributed by atoms with E-state index in [-0.39, 0.29) is 6.54 Å². The summed E-state index contributed by atoms with van der Waals surface area (Å²) in [5.74, 6) is 0.385. The van der Waals surface area contributed by atoms with Gasteiger partial charge in [0.15, 0.2) is 6.54 Å². The Morgan fingerprint density at radius 3 is 2.61 bits per heavy atom. The summed E-state index contributed by atoms with van der Waals surface area (Å²) in [6.45, 7) is 7.43. The van der Waals surface area contributed by atoms with Crippen molar-refractivity contribution in [3.8, 4) is 0 Å². The van der Waals surface area contributed by atoms with E-state index >= 15 is 0 Å². The molecule has 0 spiro atoms. The average Bonchev–Trinajstić information content (AvgIpc) is 2.57. The van der Waals surface area contributed by atoms with Crippen molar-refractivity contribution in [2.75, 3.05) is 0 Å². The van der Waals surface area contributed by atoms with E-state index in [2.05, 4.69) is 25.3 Å². The van der Waals surface area contributed by atoms with Gasteiger partial charge in [-0.3, -0.25) is 0 Å². The van der Waals surface area contributed by atoms with Crippen LogP contribution in [0, 0.1) is 6.92 Å². The van der Waals surface area contributed by atoms with Gasteiger partial charge in [0.25, 0.3) is 5.82 Å². The number of aliphatic carboxylic acids is 1. The summed E-state index contributed by atoms with van der Waals surface area (Å²) >= 11 is 0. The number of hydrogen-bond donors (Lipinski definition) is 1. The van der Waals surface area contributed by atoms with Crippen LogP contribution in [-0.4, -0.2) is 15.6 Å². The first-order valence-corrected chi connectivity index (χ1v) is 6.90. The lowest BCUT2D eigenvalue weighted by molar-refractivity contribution is -0.693. The van der Waals surface area contributed by atoms with Gasteiger partial charge in [0.05, 0.1) is 6.54 Å². The lowest BCUT2D eigenvalue weighted by atomic mass is 10.2. The molecule has 0 bridgehead atoms. The second-order valence-corrected chi connectivity index (χ2v) is 4.82. The molecule has 0 aliphatic carbocycles. The molecule has 0 aromatic carbocycles. The molecule has 0 aliphatic heterocycles. The second kappa shape index (κ2) is 7.19. The first kappa shape index (κ1) is 14.7. The van der Waals surface area contributed by atoms with E-state index in [0.29, 0.717) is 0 Å². The summed E-state index contributed by atoms with van der Waals surface area (Å²) < 4.78 is 4.15. The van der Waals surface area contributed by atoms with E-state index in [9.17, 15) is 4.79 Å². The third-order valence-corrected chi connectivity index (χ3v) is 3.17. The van der Waals surface area contributed by atoms with Gasteiger partial charge in [0.1, 0.15) is 11.9 Å². The molecule has 4 heteroatoms. The number of hydrogen-bond acceptors (Lipinski definition) is 1. The molecular weight excluding hydrogens is 228 g/mol. The fourth-order valence-corrected chi connectivity index (χ4v) is 2.35. The molecule has 4 nitrogen and oxygen atoms in total. The Morgan fingerprint density at radius 1 is 1.33 bits per heavy atom. The van der Waals surface area contributed by atoms with Crippen molar-refractivity contribution in [3.05, 3.63) is 17.7 Å². The van der Waals surface area contributed by atoms with Gasteiger partial charge in [0, 0.05) is 13.3 Å². The molecule has 0 atom stereocenters. The number of rotatable bonds is 8. The summed E-state index contributed by atoms with van der Waals surface area (Å²) in [4.78, 5) is 10.9. The minimum absolute atomic E-state index is 0.0685. The average molecular weight is 253 g/mol. The van der Waals surface area contributed by atoms with E-state index in [4.69, 9.17) is 5.11 Å². The maximum atomic E-state index is 10.9. The molecule has 1 N–H and O–H groups in total. The van der Waals surface area contributed by atoms with Crippen molar-refractivity contribution >= 4 is 5.97 Å². The number of imidazole rings is 1. The van der Waals surface area contributed by atoms with E-state index in [0.717, 1.165) is 37.3 Å². The van der Waals surface area contributed by atoms with Gasteiger partial charge in [-0.25, -0.2) is 13.9 Å². The highest BCUT2D eigenvalue weighted by Crippen LogP contribution is 2.09. The Bertz CT molecular complexity index is 397. The summed E-state index contributed by atoms with van der Waals surface area (Å²) in [6, 6.07) is 0. The number of carboxylic acid groups (broad SMARTS) is 1. The van der Waals surface area contributed by atoms with E-state index in [1.54, 1.807) is 0 Å². The normalized spacial score (nSPS) is 10.8. The highest BCUT2D eigenvalue weighted by Gasteiger charge is 2.21. The third-order valence-electron chi connectivity index (χ3n) is 3.17. The molecule has 0 amide bonds. The van der Waals surface area contributed by atoms with Crippen LogP contribution >= 0.6 is 0 Å². The molecule has 18 heavy (non-hydrogen) atoms. The van der Waals surface area contributed by atoms with Gasteiger partial charge in [-0.2, -0.15) is 0 Å². The largest absolute Gasteiger partial charge is 0.478 e. The van der Waals surface area contributed by atoms with Crippen LogP contribution in [0.25, 0.3) is 0 Å². The number of unbranched alkanes of at least 4 members (excludes halogenated alkanes) is 2. The zero-order valence-corrected chi connectivity index (χ0v) is 11.8. The van der Waals surface area contributed by atoms with Crippen LogP contribution in [0.15, 0.2) is 6.20 Å². The standard InChI is InChI=1S/C14H24N2O2/c1-4-6-7-8-13-15(11-14(17)18)10-12(3)16(13)9-5-2/h10H,4-9,11H2,1-3H3/p+1. The summed E-state index contributed by atoms with van der Waals surface area (Å²) in [5, 5.41) is 8.96. The van der Waals surface area contributed by atoms with Crippen LogP contribution in [-0.2, 0) is 24.3 Å². The first-order valence-electron chi connectivity index (χ1n) is 6.90. The Kier molecular flexibility index (Phi) is 5.89. The maximum Gasteiger partial charge on any atom is 0.346 e. The van der Waals surface area contributed by atoms with Crippen LogP contribution < -0.4 is 4.57 Å². The highest BCUT2D eigenvalue weighted by atomic mass is 16.4. The van der Waals surface area contributed by atoms with Crippen molar-refractivity contribution in [1.82, 2.24) is 4.57 Å².